The van der Waals surface area contributed by atoms with Gasteiger partial charge in [0.05, 0.1) is 17.2 Å². The number of nitrogens with zero attached hydrogens (tertiary/aromatic N) is 3. The Labute approximate surface area is 138 Å². The van der Waals surface area contributed by atoms with Crippen LogP contribution in [0.25, 0.3) is 0 Å². The van der Waals surface area contributed by atoms with E-state index in [-0.39, 0.29) is 6.04 Å². The molecule has 0 saturated heterocycles. The largest absolute Gasteiger partial charge is 0.416 e. The molecule has 1 unspecified atom stereocenters. The van der Waals surface area contributed by atoms with E-state index in [1.165, 1.54) is 6.07 Å². The van der Waals surface area contributed by atoms with Crippen LogP contribution in [0, 0.1) is 11.3 Å². The smallest absolute Gasteiger partial charge is 0.367 e. The van der Waals surface area contributed by atoms with Crippen molar-refractivity contribution in [3.8, 4) is 6.07 Å². The summed E-state index contributed by atoms with van der Waals surface area (Å²) in [6, 6.07) is 10.3. The molecule has 126 valence electrons. The lowest BCUT2D eigenvalue weighted by atomic mass is 10.0. The Morgan fingerprint density at radius 1 is 1.25 bits per heavy atom. The number of rotatable bonds is 5. The van der Waals surface area contributed by atoms with Gasteiger partial charge >= 0.3 is 6.18 Å². The summed E-state index contributed by atoms with van der Waals surface area (Å²) in [7, 11) is 3.58. The summed E-state index contributed by atoms with van der Waals surface area (Å²) < 4.78 is 38.7. The number of hydrogen-bond donors (Lipinski definition) is 1. The van der Waals surface area contributed by atoms with E-state index >= 15 is 0 Å². The summed E-state index contributed by atoms with van der Waals surface area (Å²) in [6.45, 7) is 0.319. The molecule has 2 aromatic rings. The number of alkyl halides is 3. The van der Waals surface area contributed by atoms with Crippen LogP contribution in [0.3, 0.4) is 0 Å². The molecule has 0 aliphatic carbocycles. The van der Waals surface area contributed by atoms with Crippen LogP contribution >= 0.6 is 0 Å². The van der Waals surface area contributed by atoms with Gasteiger partial charge in [-0.15, -0.1) is 0 Å². The number of hydrogen-bond acceptors (Lipinski definition) is 4. The van der Waals surface area contributed by atoms with Crippen LogP contribution in [0.1, 0.15) is 22.7 Å². The Morgan fingerprint density at radius 3 is 2.62 bits per heavy atom. The van der Waals surface area contributed by atoms with Gasteiger partial charge in [0.25, 0.3) is 0 Å². The van der Waals surface area contributed by atoms with E-state index in [1.54, 1.807) is 38.5 Å². The second kappa shape index (κ2) is 7.32. The van der Waals surface area contributed by atoms with Crippen molar-refractivity contribution in [1.82, 2.24) is 9.88 Å². The van der Waals surface area contributed by atoms with Crippen molar-refractivity contribution in [1.29, 1.82) is 5.26 Å². The first-order chi connectivity index (χ1) is 11.3. The second-order valence-electron chi connectivity index (χ2n) is 5.49. The molecule has 1 atom stereocenters. The summed E-state index contributed by atoms with van der Waals surface area (Å²) in [5.41, 5.74) is 0.248. The van der Waals surface area contributed by atoms with Gasteiger partial charge in [0.2, 0.25) is 0 Å². The fourth-order valence-electron chi connectivity index (χ4n) is 2.35. The quantitative estimate of drug-likeness (QED) is 0.906. The maximum Gasteiger partial charge on any atom is 0.416 e. The Hall–Kier alpha value is -2.59. The molecule has 4 nitrogen and oxygen atoms in total. The van der Waals surface area contributed by atoms with E-state index in [2.05, 4.69) is 10.3 Å². The highest BCUT2D eigenvalue weighted by molar-refractivity contribution is 5.51. The number of benzene rings is 1. The molecule has 0 radical (unpaired) electrons. The predicted molar refractivity (Wildman–Crippen MR) is 85.3 cm³/mol. The van der Waals surface area contributed by atoms with Crippen LogP contribution in [0.2, 0.25) is 0 Å². The average Bonchev–Trinajstić information content (AvgIpc) is 2.54. The van der Waals surface area contributed by atoms with Crippen molar-refractivity contribution in [3.05, 3.63) is 59.3 Å². The Kier molecular flexibility index (Phi) is 5.42. The summed E-state index contributed by atoms with van der Waals surface area (Å²) in [6.07, 6.45) is -2.83. The predicted octanol–water partition coefficient (Wildman–Crippen LogP) is 3.69. The zero-order chi connectivity index (χ0) is 17.7. The highest BCUT2D eigenvalue weighted by Crippen LogP contribution is 2.31. The van der Waals surface area contributed by atoms with Crippen LogP contribution in [-0.4, -0.2) is 30.5 Å². The lowest BCUT2D eigenvalue weighted by Crippen LogP contribution is -2.27. The Bertz CT molecular complexity index is 735. The van der Waals surface area contributed by atoms with Crippen LogP contribution in [0.4, 0.5) is 19.0 Å². The minimum absolute atomic E-state index is 0.305. The number of pyridine rings is 1. The molecule has 1 heterocycles. The summed E-state index contributed by atoms with van der Waals surface area (Å²) >= 11 is 0. The van der Waals surface area contributed by atoms with Gasteiger partial charge in [-0.2, -0.15) is 18.4 Å². The molecule has 0 aliphatic heterocycles. The molecule has 0 aliphatic rings. The first kappa shape index (κ1) is 17.8. The van der Waals surface area contributed by atoms with Crippen molar-refractivity contribution in [3.63, 3.8) is 0 Å². The molecule has 24 heavy (non-hydrogen) atoms. The molecule has 0 saturated carbocycles. The van der Waals surface area contributed by atoms with Crippen molar-refractivity contribution in [2.24, 2.45) is 0 Å². The van der Waals surface area contributed by atoms with Gasteiger partial charge in [0, 0.05) is 12.7 Å². The Balaban J connectivity index is 2.23. The van der Waals surface area contributed by atoms with Crippen LogP contribution < -0.4 is 5.32 Å². The van der Waals surface area contributed by atoms with Crippen molar-refractivity contribution in [2.45, 2.75) is 12.2 Å². The molecule has 0 fully saturated rings. The molecular formula is C17H17F3N4. The summed E-state index contributed by atoms with van der Waals surface area (Å²) in [5, 5.41) is 12.1. The number of anilines is 1. The minimum Gasteiger partial charge on any atom is -0.367 e. The fourth-order valence-corrected chi connectivity index (χ4v) is 2.35. The summed E-state index contributed by atoms with van der Waals surface area (Å²) in [5.74, 6) is 0.416. The van der Waals surface area contributed by atoms with Crippen molar-refractivity contribution >= 4 is 5.82 Å². The molecule has 7 heteroatoms. The molecule has 0 spiro atoms. The van der Waals surface area contributed by atoms with E-state index in [0.29, 0.717) is 23.5 Å². The molecule has 1 aromatic carbocycles. The topological polar surface area (TPSA) is 52.0 Å². The van der Waals surface area contributed by atoms with Gasteiger partial charge in [-0.1, -0.05) is 12.1 Å². The molecule has 1 N–H and O–H groups in total. The number of aromatic nitrogens is 1. The normalized spacial score (nSPS) is 12.7. The molecule has 2 rings (SSSR count). The van der Waals surface area contributed by atoms with Crippen LogP contribution in [0.15, 0.2) is 42.6 Å². The molecule has 0 amide bonds. The van der Waals surface area contributed by atoms with Crippen molar-refractivity contribution in [2.75, 3.05) is 26.0 Å². The number of nitrogens with one attached hydrogen (secondary N) is 1. The van der Waals surface area contributed by atoms with Gasteiger partial charge in [-0.3, -0.25) is 0 Å². The third-order valence-corrected chi connectivity index (χ3v) is 3.61. The fraction of sp³-hybridized carbons (Fsp3) is 0.294. The molecule has 0 bridgehead atoms. The molecule has 1 aromatic heterocycles. The van der Waals surface area contributed by atoms with E-state index in [4.69, 9.17) is 5.26 Å². The van der Waals surface area contributed by atoms with Gasteiger partial charge in [-0.05, 0) is 43.9 Å². The Morgan fingerprint density at radius 2 is 2.00 bits per heavy atom. The zero-order valence-electron chi connectivity index (χ0n) is 13.3. The third-order valence-electron chi connectivity index (χ3n) is 3.61. The highest BCUT2D eigenvalue weighted by Gasteiger charge is 2.31. The lowest BCUT2D eigenvalue weighted by molar-refractivity contribution is -0.137. The average molecular weight is 334 g/mol. The first-order valence-corrected chi connectivity index (χ1v) is 7.25. The second-order valence-corrected chi connectivity index (χ2v) is 5.49. The monoisotopic (exact) mass is 334 g/mol. The van der Waals surface area contributed by atoms with E-state index in [0.717, 1.165) is 12.1 Å². The van der Waals surface area contributed by atoms with Crippen LogP contribution in [-0.2, 0) is 6.18 Å². The lowest BCUT2D eigenvalue weighted by Gasteiger charge is -2.26. The number of nitriles is 1. The highest BCUT2D eigenvalue weighted by atomic mass is 19.4. The van der Waals surface area contributed by atoms with E-state index in [1.807, 2.05) is 11.0 Å². The first-order valence-electron chi connectivity index (χ1n) is 7.25. The SMILES string of the molecule is CN(C)C(CNc1ncccc1C#N)c1cccc(C(F)(F)F)c1. The van der Waals surface area contributed by atoms with Crippen LogP contribution in [0.5, 0.6) is 0 Å². The minimum atomic E-state index is -4.38. The van der Waals surface area contributed by atoms with E-state index in [9.17, 15) is 13.2 Å². The maximum atomic E-state index is 12.9. The third kappa shape index (κ3) is 4.24. The summed E-state index contributed by atoms with van der Waals surface area (Å²) in [4.78, 5) is 5.92. The van der Waals surface area contributed by atoms with E-state index < -0.39 is 11.7 Å². The maximum absolute atomic E-state index is 12.9. The van der Waals surface area contributed by atoms with Gasteiger partial charge in [-0.25, -0.2) is 4.98 Å². The van der Waals surface area contributed by atoms with Gasteiger partial charge < -0.3 is 10.2 Å². The van der Waals surface area contributed by atoms with Gasteiger partial charge in [0.15, 0.2) is 0 Å². The zero-order valence-corrected chi connectivity index (χ0v) is 13.3. The van der Waals surface area contributed by atoms with Gasteiger partial charge in [0.1, 0.15) is 11.9 Å². The number of halogens is 3. The standard InChI is InChI=1S/C17H17F3N4/c1-24(2)15(11-23-16-13(10-21)6-4-8-22-16)12-5-3-7-14(9-12)17(18,19)20/h3-9,15H,11H2,1-2H3,(H,22,23). The molecular weight excluding hydrogens is 317 g/mol. The van der Waals surface area contributed by atoms with Crippen molar-refractivity contribution < 1.29 is 13.2 Å². The number of likely N-dealkylation sites (N-methyl/N-ethyl adjacent to an activating group) is 1.